The second-order valence-electron chi connectivity index (χ2n) is 7.19. The number of halogens is 2. The van der Waals surface area contributed by atoms with Crippen molar-refractivity contribution in [2.24, 2.45) is 0 Å². The largest absolute Gasteiger partial charge is 0.489 e. The van der Waals surface area contributed by atoms with E-state index in [0.29, 0.717) is 16.9 Å². The lowest BCUT2D eigenvalue weighted by atomic mass is 10.1. The van der Waals surface area contributed by atoms with Gasteiger partial charge in [-0.05, 0) is 65.4 Å². The fraction of sp³-hybridized carbons (Fsp3) is 0.0800. The van der Waals surface area contributed by atoms with Gasteiger partial charge in [-0.2, -0.15) is 0 Å². The van der Waals surface area contributed by atoms with Crippen molar-refractivity contribution in [1.82, 2.24) is 4.90 Å². The summed E-state index contributed by atoms with van der Waals surface area (Å²) in [6.45, 7) is -0.0527. The lowest BCUT2D eigenvalue weighted by molar-refractivity contribution is -0.122. The third kappa shape index (κ3) is 5.77. The SMILES string of the molecule is O=C(CN1C(=O)S/C(=C/c2cccc(OCc3ccc(F)cc3)c2)C1=O)c1ccc(Br)cc1. The normalized spacial score (nSPS) is 14.7. The summed E-state index contributed by atoms with van der Waals surface area (Å²) in [5, 5.41) is -0.486. The van der Waals surface area contributed by atoms with Gasteiger partial charge < -0.3 is 4.74 Å². The van der Waals surface area contributed by atoms with Gasteiger partial charge in [0.1, 0.15) is 18.2 Å². The van der Waals surface area contributed by atoms with Crippen molar-refractivity contribution in [2.45, 2.75) is 6.61 Å². The van der Waals surface area contributed by atoms with Gasteiger partial charge >= 0.3 is 0 Å². The van der Waals surface area contributed by atoms with E-state index in [0.717, 1.165) is 26.7 Å². The van der Waals surface area contributed by atoms with E-state index in [1.165, 1.54) is 12.1 Å². The summed E-state index contributed by atoms with van der Waals surface area (Å²) in [5.74, 6) is -0.568. The molecule has 1 fully saturated rings. The van der Waals surface area contributed by atoms with Crippen LogP contribution in [0.1, 0.15) is 21.5 Å². The number of benzene rings is 3. The third-order valence-corrected chi connectivity index (χ3v) is 6.25. The summed E-state index contributed by atoms with van der Waals surface area (Å²) >= 11 is 4.10. The quantitative estimate of drug-likeness (QED) is 0.276. The van der Waals surface area contributed by atoms with Gasteiger partial charge in [-0.1, -0.05) is 52.3 Å². The van der Waals surface area contributed by atoms with Crippen LogP contribution in [0.5, 0.6) is 5.75 Å². The minimum Gasteiger partial charge on any atom is -0.489 e. The van der Waals surface area contributed by atoms with Crippen LogP contribution in [0.4, 0.5) is 9.18 Å². The van der Waals surface area contributed by atoms with Crippen LogP contribution in [0.3, 0.4) is 0 Å². The first kappa shape index (κ1) is 22.9. The van der Waals surface area contributed by atoms with Crippen molar-refractivity contribution in [3.63, 3.8) is 0 Å². The molecule has 0 saturated carbocycles. The summed E-state index contributed by atoms with van der Waals surface area (Å²) in [6.07, 6.45) is 1.60. The Morgan fingerprint density at radius 3 is 2.48 bits per heavy atom. The van der Waals surface area contributed by atoms with Crippen LogP contribution in [-0.2, 0) is 11.4 Å². The molecule has 1 saturated heterocycles. The molecule has 0 spiro atoms. The molecule has 0 aromatic heterocycles. The molecule has 2 amide bonds. The first-order valence-electron chi connectivity index (χ1n) is 9.90. The Hall–Kier alpha value is -3.23. The van der Waals surface area contributed by atoms with Gasteiger partial charge in [-0.25, -0.2) is 4.39 Å². The number of nitrogens with zero attached hydrogens (tertiary/aromatic N) is 1. The topological polar surface area (TPSA) is 63.7 Å². The number of carbonyl (C=O) groups is 3. The number of carbonyl (C=O) groups excluding carboxylic acids is 3. The van der Waals surface area contributed by atoms with Gasteiger partial charge in [-0.15, -0.1) is 0 Å². The molecule has 4 rings (SSSR count). The zero-order chi connectivity index (χ0) is 23.4. The summed E-state index contributed by atoms with van der Waals surface area (Å²) in [7, 11) is 0. The molecule has 1 heterocycles. The minimum absolute atomic E-state index is 0.235. The Bertz CT molecular complexity index is 1240. The molecule has 0 atom stereocenters. The van der Waals surface area contributed by atoms with E-state index in [1.54, 1.807) is 66.7 Å². The zero-order valence-corrected chi connectivity index (χ0v) is 19.6. The Morgan fingerprint density at radius 2 is 1.76 bits per heavy atom. The molecular weight excluding hydrogens is 509 g/mol. The molecule has 3 aromatic rings. The molecule has 33 heavy (non-hydrogen) atoms. The lowest BCUT2D eigenvalue weighted by Gasteiger charge is -2.11. The molecule has 5 nitrogen and oxygen atoms in total. The van der Waals surface area contributed by atoms with Crippen molar-refractivity contribution < 1.29 is 23.5 Å². The number of amides is 2. The van der Waals surface area contributed by atoms with Crippen molar-refractivity contribution in [3.05, 3.63) is 105 Å². The number of hydrogen-bond donors (Lipinski definition) is 0. The third-order valence-electron chi connectivity index (χ3n) is 4.82. The van der Waals surface area contributed by atoms with E-state index in [4.69, 9.17) is 4.74 Å². The molecule has 1 aliphatic rings. The zero-order valence-electron chi connectivity index (χ0n) is 17.2. The Labute approximate surface area is 202 Å². The summed E-state index contributed by atoms with van der Waals surface area (Å²) in [6, 6.07) is 19.8. The maximum atomic E-state index is 13.0. The minimum atomic E-state index is -0.506. The highest BCUT2D eigenvalue weighted by Gasteiger charge is 2.36. The Morgan fingerprint density at radius 1 is 1.03 bits per heavy atom. The van der Waals surface area contributed by atoms with Gasteiger partial charge in [-0.3, -0.25) is 19.3 Å². The highest BCUT2D eigenvalue weighted by Crippen LogP contribution is 2.33. The van der Waals surface area contributed by atoms with Crippen molar-refractivity contribution in [2.75, 3.05) is 6.54 Å². The van der Waals surface area contributed by atoms with Crippen LogP contribution in [0, 0.1) is 5.82 Å². The van der Waals surface area contributed by atoms with Crippen LogP contribution < -0.4 is 4.74 Å². The van der Waals surface area contributed by atoms with Crippen LogP contribution in [0.15, 0.2) is 82.2 Å². The highest BCUT2D eigenvalue weighted by atomic mass is 79.9. The average molecular weight is 526 g/mol. The van der Waals surface area contributed by atoms with Crippen molar-refractivity contribution >= 4 is 50.7 Å². The fourth-order valence-corrected chi connectivity index (χ4v) is 4.20. The molecule has 166 valence electrons. The molecule has 0 aliphatic carbocycles. The Kier molecular flexibility index (Phi) is 7.05. The highest BCUT2D eigenvalue weighted by molar-refractivity contribution is 9.10. The number of hydrogen-bond acceptors (Lipinski definition) is 5. The smallest absolute Gasteiger partial charge is 0.293 e. The van der Waals surface area contributed by atoms with Gasteiger partial charge in [0, 0.05) is 10.0 Å². The maximum Gasteiger partial charge on any atom is 0.293 e. The van der Waals surface area contributed by atoms with Gasteiger partial charge in [0.05, 0.1) is 11.4 Å². The average Bonchev–Trinajstić information content (AvgIpc) is 3.06. The first-order chi connectivity index (χ1) is 15.9. The number of rotatable bonds is 7. The molecule has 3 aromatic carbocycles. The van der Waals surface area contributed by atoms with E-state index in [-0.39, 0.29) is 29.7 Å². The second-order valence-corrected chi connectivity index (χ2v) is 9.09. The van der Waals surface area contributed by atoms with Crippen LogP contribution in [0.25, 0.3) is 6.08 Å². The van der Waals surface area contributed by atoms with Crippen molar-refractivity contribution in [3.8, 4) is 5.75 Å². The molecule has 1 aliphatic heterocycles. The van der Waals surface area contributed by atoms with Gasteiger partial charge in [0.25, 0.3) is 11.1 Å². The van der Waals surface area contributed by atoms with E-state index in [1.807, 2.05) is 0 Å². The maximum absolute atomic E-state index is 13.0. The van der Waals surface area contributed by atoms with E-state index in [2.05, 4.69) is 15.9 Å². The number of thioether (sulfide) groups is 1. The van der Waals surface area contributed by atoms with E-state index < -0.39 is 11.1 Å². The van der Waals surface area contributed by atoms with Crippen molar-refractivity contribution in [1.29, 1.82) is 0 Å². The van der Waals surface area contributed by atoms with Gasteiger partial charge in [0.2, 0.25) is 0 Å². The molecule has 8 heteroatoms. The number of ketones is 1. The first-order valence-corrected chi connectivity index (χ1v) is 11.5. The fourth-order valence-electron chi connectivity index (χ4n) is 3.10. The number of ether oxygens (including phenoxy) is 1. The monoisotopic (exact) mass is 525 g/mol. The predicted octanol–water partition coefficient (Wildman–Crippen LogP) is 6.09. The molecule has 0 bridgehead atoms. The molecule has 0 N–H and O–H groups in total. The van der Waals surface area contributed by atoms with Crippen LogP contribution in [-0.4, -0.2) is 28.4 Å². The second kappa shape index (κ2) is 10.1. The lowest BCUT2D eigenvalue weighted by Crippen LogP contribution is -2.33. The van der Waals surface area contributed by atoms with Crippen LogP contribution in [0.2, 0.25) is 0 Å². The number of Topliss-reactive ketones (excluding diaryl/α,β-unsaturated/α-hetero) is 1. The molecule has 0 unspecified atom stereocenters. The van der Waals surface area contributed by atoms with Gasteiger partial charge in [0.15, 0.2) is 5.78 Å². The standard InChI is InChI=1S/C25H17BrFNO4S/c26-19-8-6-18(7-9-19)22(29)14-28-24(30)23(33-25(28)31)13-17-2-1-3-21(12-17)32-15-16-4-10-20(27)11-5-16/h1-13H,14-15H2/b23-13+. The predicted molar refractivity (Wildman–Crippen MR) is 128 cm³/mol. The Balaban J connectivity index is 1.43. The van der Waals surface area contributed by atoms with Crippen LogP contribution >= 0.6 is 27.7 Å². The number of imide groups is 1. The summed E-state index contributed by atoms with van der Waals surface area (Å²) in [5.41, 5.74) is 1.92. The molecular formula is C25H17BrFNO4S. The van der Waals surface area contributed by atoms with E-state index >= 15 is 0 Å². The summed E-state index contributed by atoms with van der Waals surface area (Å²) in [4.78, 5) is 38.8. The molecule has 0 radical (unpaired) electrons. The van der Waals surface area contributed by atoms with E-state index in [9.17, 15) is 18.8 Å². The summed E-state index contributed by atoms with van der Waals surface area (Å²) < 4.78 is 19.6.